The van der Waals surface area contributed by atoms with Gasteiger partial charge in [0.15, 0.2) is 0 Å². The van der Waals surface area contributed by atoms with Crippen molar-refractivity contribution in [1.29, 1.82) is 0 Å². The summed E-state index contributed by atoms with van der Waals surface area (Å²) in [6, 6.07) is 0. The predicted octanol–water partition coefficient (Wildman–Crippen LogP) is -1.22. The van der Waals surface area contributed by atoms with E-state index in [0.29, 0.717) is 11.4 Å². The van der Waals surface area contributed by atoms with Crippen LogP contribution in [-0.4, -0.2) is 44.7 Å². The highest BCUT2D eigenvalue weighted by molar-refractivity contribution is 5.98. The van der Waals surface area contributed by atoms with Crippen LogP contribution in [0.15, 0.2) is 0 Å². The van der Waals surface area contributed by atoms with E-state index in [4.69, 9.17) is 15.9 Å². The summed E-state index contributed by atoms with van der Waals surface area (Å²) in [6.45, 7) is 2.49. The number of nitrogens with two attached hydrogens (primary N) is 1. The molecule has 0 saturated heterocycles. The summed E-state index contributed by atoms with van der Waals surface area (Å²) in [5, 5.41) is 24.7. The quantitative estimate of drug-likeness (QED) is 0.529. The number of anilines is 1. The number of aromatic nitrogens is 2. The van der Waals surface area contributed by atoms with E-state index >= 15 is 0 Å². The van der Waals surface area contributed by atoms with E-state index in [-0.39, 0.29) is 18.9 Å². The highest BCUT2D eigenvalue weighted by Gasteiger charge is 2.28. The Morgan fingerprint density at radius 1 is 1.53 bits per heavy atom. The molecule has 1 amide bonds. The lowest BCUT2D eigenvalue weighted by Gasteiger charge is -2.26. The summed E-state index contributed by atoms with van der Waals surface area (Å²) < 4.78 is 1.37. The zero-order valence-corrected chi connectivity index (χ0v) is 10.2. The normalized spacial score (nSPS) is 11.6. The minimum Gasteiger partial charge on any atom is -0.395 e. The number of carbonyl (C=O) groups excluding carboxylic acids is 1. The van der Waals surface area contributed by atoms with Crippen LogP contribution in [0.4, 0.5) is 5.69 Å². The number of amides is 1. The lowest BCUT2D eigenvalue weighted by Crippen LogP contribution is -2.52. The molecule has 0 aliphatic carbocycles. The molecule has 17 heavy (non-hydrogen) atoms. The van der Waals surface area contributed by atoms with Gasteiger partial charge in [0.2, 0.25) is 0 Å². The smallest absolute Gasteiger partial charge is 0.272 e. The van der Waals surface area contributed by atoms with Gasteiger partial charge >= 0.3 is 0 Å². The molecule has 5 N–H and O–H groups in total. The van der Waals surface area contributed by atoms with Crippen molar-refractivity contribution in [2.45, 2.75) is 19.4 Å². The Bertz CT molecular complexity index is 423. The van der Waals surface area contributed by atoms with Gasteiger partial charge < -0.3 is 21.3 Å². The van der Waals surface area contributed by atoms with Crippen molar-refractivity contribution in [2.24, 2.45) is 7.05 Å². The molecule has 1 aromatic rings. The maximum atomic E-state index is 12.0. The van der Waals surface area contributed by atoms with Gasteiger partial charge in [0.1, 0.15) is 5.69 Å². The number of aliphatic hydroxyl groups is 2. The van der Waals surface area contributed by atoms with Crippen LogP contribution >= 0.6 is 0 Å². The van der Waals surface area contributed by atoms with Crippen molar-refractivity contribution >= 4 is 11.6 Å². The molecule has 1 rings (SSSR count). The molecular weight excluding hydrogens is 224 g/mol. The van der Waals surface area contributed by atoms with Gasteiger partial charge in [-0.1, -0.05) is 0 Å². The molecule has 7 nitrogen and oxygen atoms in total. The van der Waals surface area contributed by atoms with Crippen LogP contribution in [-0.2, 0) is 7.05 Å². The summed E-state index contributed by atoms with van der Waals surface area (Å²) in [4.78, 5) is 12.0. The number of nitrogens with zero attached hydrogens (tertiary/aromatic N) is 2. The second-order valence-electron chi connectivity index (χ2n) is 4.30. The van der Waals surface area contributed by atoms with Crippen LogP contribution < -0.4 is 11.1 Å². The maximum Gasteiger partial charge on any atom is 0.272 e. The Kier molecular flexibility index (Phi) is 3.74. The molecule has 0 radical (unpaired) electrons. The molecule has 0 saturated carbocycles. The number of aryl methyl sites for hydroxylation is 2. The molecule has 0 unspecified atom stereocenters. The van der Waals surface area contributed by atoms with Gasteiger partial charge in [-0.05, 0) is 13.8 Å². The first-order chi connectivity index (χ1) is 7.84. The maximum absolute atomic E-state index is 12.0. The average molecular weight is 242 g/mol. The van der Waals surface area contributed by atoms with Crippen molar-refractivity contribution in [3.63, 3.8) is 0 Å². The number of nitrogens with one attached hydrogen (secondary N) is 1. The zero-order valence-electron chi connectivity index (χ0n) is 10.2. The van der Waals surface area contributed by atoms with Crippen LogP contribution in [0.1, 0.15) is 23.1 Å². The summed E-state index contributed by atoms with van der Waals surface area (Å²) in [5.74, 6) is -0.476. The Balaban J connectivity index is 2.98. The first-order valence-electron chi connectivity index (χ1n) is 5.18. The summed E-state index contributed by atoms with van der Waals surface area (Å²) in [6.07, 6.45) is 0. The van der Waals surface area contributed by atoms with Gasteiger partial charge in [-0.25, -0.2) is 0 Å². The van der Waals surface area contributed by atoms with E-state index in [0.717, 1.165) is 0 Å². The summed E-state index contributed by atoms with van der Waals surface area (Å²) in [7, 11) is 1.60. The predicted molar refractivity (Wildman–Crippen MR) is 62.4 cm³/mol. The fourth-order valence-electron chi connectivity index (χ4n) is 1.41. The average Bonchev–Trinajstić information content (AvgIpc) is 2.53. The van der Waals surface area contributed by atoms with Crippen molar-refractivity contribution in [3.8, 4) is 0 Å². The van der Waals surface area contributed by atoms with Gasteiger partial charge in [0.05, 0.1) is 30.1 Å². The fourth-order valence-corrected chi connectivity index (χ4v) is 1.41. The Labute approximate surface area is 99.2 Å². The highest BCUT2D eigenvalue weighted by Crippen LogP contribution is 2.16. The van der Waals surface area contributed by atoms with Crippen LogP contribution in [0, 0.1) is 6.92 Å². The molecule has 0 bridgehead atoms. The number of nitrogen functional groups attached to an aromatic ring is 1. The SMILES string of the molecule is Cc1nn(C)c(C(=O)NC(C)(CO)CO)c1N. The Morgan fingerprint density at radius 2 is 2.06 bits per heavy atom. The molecule has 1 heterocycles. The molecule has 0 atom stereocenters. The van der Waals surface area contributed by atoms with Crippen LogP contribution in [0.3, 0.4) is 0 Å². The van der Waals surface area contributed by atoms with E-state index in [1.54, 1.807) is 14.0 Å². The molecule has 0 fully saturated rings. The van der Waals surface area contributed by atoms with Crippen molar-refractivity contribution in [2.75, 3.05) is 18.9 Å². The van der Waals surface area contributed by atoms with Crippen molar-refractivity contribution in [1.82, 2.24) is 15.1 Å². The third-order valence-electron chi connectivity index (χ3n) is 2.60. The minimum absolute atomic E-state index is 0.218. The van der Waals surface area contributed by atoms with Gasteiger partial charge in [-0.3, -0.25) is 9.48 Å². The highest BCUT2D eigenvalue weighted by atomic mass is 16.3. The first kappa shape index (κ1) is 13.5. The van der Waals surface area contributed by atoms with E-state index in [9.17, 15) is 4.79 Å². The number of aliphatic hydroxyl groups excluding tert-OH is 2. The Morgan fingerprint density at radius 3 is 2.41 bits per heavy atom. The second-order valence-corrected chi connectivity index (χ2v) is 4.30. The van der Waals surface area contributed by atoms with E-state index < -0.39 is 11.4 Å². The van der Waals surface area contributed by atoms with E-state index in [1.165, 1.54) is 11.6 Å². The molecule has 0 spiro atoms. The van der Waals surface area contributed by atoms with Crippen molar-refractivity contribution < 1.29 is 15.0 Å². The minimum atomic E-state index is -1.08. The topological polar surface area (TPSA) is 113 Å². The van der Waals surface area contributed by atoms with Gasteiger partial charge in [0, 0.05) is 7.05 Å². The largest absolute Gasteiger partial charge is 0.395 e. The van der Waals surface area contributed by atoms with Crippen LogP contribution in [0.5, 0.6) is 0 Å². The summed E-state index contributed by atoms with van der Waals surface area (Å²) >= 11 is 0. The number of hydrogen-bond acceptors (Lipinski definition) is 5. The molecule has 96 valence electrons. The molecule has 7 heteroatoms. The van der Waals surface area contributed by atoms with Crippen LogP contribution in [0.25, 0.3) is 0 Å². The standard InChI is InChI=1S/C10H18N4O3/c1-6-7(11)8(14(3)13-6)9(17)12-10(2,4-15)5-16/h15-16H,4-5,11H2,1-3H3,(H,12,17). The monoisotopic (exact) mass is 242 g/mol. The molecule has 0 aromatic carbocycles. The van der Waals surface area contributed by atoms with Crippen molar-refractivity contribution in [3.05, 3.63) is 11.4 Å². The number of hydrogen-bond donors (Lipinski definition) is 4. The van der Waals surface area contributed by atoms with E-state index in [1.807, 2.05) is 0 Å². The molecule has 1 aromatic heterocycles. The lowest BCUT2D eigenvalue weighted by molar-refractivity contribution is 0.0716. The zero-order chi connectivity index (χ0) is 13.2. The number of rotatable bonds is 4. The van der Waals surface area contributed by atoms with Gasteiger partial charge in [-0.2, -0.15) is 5.10 Å². The van der Waals surface area contributed by atoms with Gasteiger partial charge in [0.25, 0.3) is 5.91 Å². The third-order valence-corrected chi connectivity index (χ3v) is 2.60. The molecule has 0 aliphatic rings. The molecule has 0 aliphatic heterocycles. The number of carbonyl (C=O) groups is 1. The van der Waals surface area contributed by atoms with E-state index in [2.05, 4.69) is 10.4 Å². The first-order valence-corrected chi connectivity index (χ1v) is 5.18. The fraction of sp³-hybridized carbons (Fsp3) is 0.600. The second kappa shape index (κ2) is 4.72. The summed E-state index contributed by atoms with van der Waals surface area (Å²) in [5.41, 5.74) is 5.73. The van der Waals surface area contributed by atoms with Crippen LogP contribution in [0.2, 0.25) is 0 Å². The molecular formula is C10H18N4O3. The lowest BCUT2D eigenvalue weighted by atomic mass is 10.1. The Hall–Kier alpha value is -1.60. The third kappa shape index (κ3) is 2.56. The van der Waals surface area contributed by atoms with Gasteiger partial charge in [-0.15, -0.1) is 0 Å².